The Balaban J connectivity index is 1.40. The number of nitrogens with zero attached hydrogens (tertiary/aromatic N) is 3. The number of likely N-dealkylation sites (tertiary alicyclic amines) is 2. The van der Waals surface area contributed by atoms with E-state index < -0.39 is 0 Å². The Morgan fingerprint density at radius 2 is 2.00 bits per heavy atom. The first-order valence-electron chi connectivity index (χ1n) is 10.5. The molecule has 0 unspecified atom stereocenters. The van der Waals surface area contributed by atoms with Gasteiger partial charge in [-0.15, -0.1) is 0 Å². The summed E-state index contributed by atoms with van der Waals surface area (Å²) in [7, 11) is 0. The van der Waals surface area contributed by atoms with E-state index in [9.17, 15) is 4.79 Å². The first-order chi connectivity index (χ1) is 13.3. The number of piperidine rings is 2. The Morgan fingerprint density at radius 3 is 2.74 bits per heavy atom. The molecule has 2 aliphatic rings. The van der Waals surface area contributed by atoms with Crippen molar-refractivity contribution in [3.8, 4) is 0 Å². The molecule has 0 spiro atoms. The third-order valence-corrected chi connectivity index (χ3v) is 5.80. The highest BCUT2D eigenvalue weighted by Crippen LogP contribution is 2.24. The molecular weight excluding hydrogens is 340 g/mol. The van der Waals surface area contributed by atoms with Crippen LogP contribution in [0.3, 0.4) is 0 Å². The standard InChI is InChI=1S/C21H34N4O2/c1-2-27-15-11-23-21(26)19-4-3-12-25(17-19)20-7-13-24(14-8-20)16-18-5-9-22-10-6-18/h5-6,9-10,19-20H,2-4,7-8,11-17H2,1H3,(H,23,26)/t19-/m0/s1. The number of pyridine rings is 1. The van der Waals surface area contributed by atoms with E-state index in [-0.39, 0.29) is 11.8 Å². The molecule has 2 aliphatic heterocycles. The van der Waals surface area contributed by atoms with E-state index >= 15 is 0 Å². The molecule has 6 heteroatoms. The minimum absolute atomic E-state index is 0.134. The molecule has 1 amide bonds. The second kappa shape index (κ2) is 10.7. The van der Waals surface area contributed by atoms with Gasteiger partial charge in [-0.2, -0.15) is 0 Å². The average molecular weight is 375 g/mol. The number of nitrogens with one attached hydrogen (secondary N) is 1. The molecule has 0 aliphatic carbocycles. The van der Waals surface area contributed by atoms with E-state index in [1.165, 1.54) is 18.4 Å². The van der Waals surface area contributed by atoms with Gasteiger partial charge >= 0.3 is 0 Å². The molecule has 150 valence electrons. The van der Waals surface area contributed by atoms with Crippen LogP contribution in [0.4, 0.5) is 0 Å². The van der Waals surface area contributed by atoms with E-state index in [2.05, 4.69) is 32.2 Å². The highest BCUT2D eigenvalue weighted by Gasteiger charge is 2.31. The Bertz CT molecular complexity index is 561. The number of carbonyl (C=O) groups is 1. The zero-order valence-corrected chi connectivity index (χ0v) is 16.6. The molecule has 3 rings (SSSR count). The molecule has 1 aromatic rings. The number of rotatable bonds is 8. The monoisotopic (exact) mass is 374 g/mol. The summed E-state index contributed by atoms with van der Waals surface area (Å²) < 4.78 is 5.31. The van der Waals surface area contributed by atoms with Crippen molar-refractivity contribution >= 4 is 5.91 Å². The number of ether oxygens (including phenoxy) is 1. The van der Waals surface area contributed by atoms with Gasteiger partial charge in [0.2, 0.25) is 5.91 Å². The smallest absolute Gasteiger partial charge is 0.224 e. The third kappa shape index (κ3) is 6.26. The molecule has 0 aromatic carbocycles. The van der Waals surface area contributed by atoms with Crippen LogP contribution in [0.15, 0.2) is 24.5 Å². The summed E-state index contributed by atoms with van der Waals surface area (Å²) in [4.78, 5) is 21.6. The lowest BCUT2D eigenvalue weighted by Crippen LogP contribution is -2.50. The summed E-state index contributed by atoms with van der Waals surface area (Å²) in [5.74, 6) is 0.338. The lowest BCUT2D eigenvalue weighted by atomic mass is 9.93. The van der Waals surface area contributed by atoms with Gasteiger partial charge < -0.3 is 10.1 Å². The first kappa shape index (κ1) is 20.2. The summed E-state index contributed by atoms with van der Waals surface area (Å²) >= 11 is 0. The van der Waals surface area contributed by atoms with Gasteiger partial charge in [-0.05, 0) is 69.9 Å². The van der Waals surface area contributed by atoms with Crippen LogP contribution in [0.2, 0.25) is 0 Å². The molecule has 6 nitrogen and oxygen atoms in total. The van der Waals surface area contributed by atoms with Gasteiger partial charge in [-0.3, -0.25) is 19.6 Å². The number of amides is 1. The van der Waals surface area contributed by atoms with Crippen molar-refractivity contribution in [3.63, 3.8) is 0 Å². The van der Waals surface area contributed by atoms with Crippen LogP contribution in [0, 0.1) is 5.92 Å². The first-order valence-corrected chi connectivity index (χ1v) is 10.5. The Labute approximate surface area is 163 Å². The molecule has 0 radical (unpaired) electrons. The fraction of sp³-hybridized carbons (Fsp3) is 0.714. The number of carbonyl (C=O) groups excluding carboxylic acids is 1. The van der Waals surface area contributed by atoms with Crippen molar-refractivity contribution in [1.29, 1.82) is 0 Å². The van der Waals surface area contributed by atoms with E-state index in [4.69, 9.17) is 4.74 Å². The fourth-order valence-electron chi connectivity index (χ4n) is 4.28. The van der Waals surface area contributed by atoms with Crippen LogP contribution in [-0.4, -0.2) is 72.7 Å². The summed E-state index contributed by atoms with van der Waals surface area (Å²) in [5.41, 5.74) is 1.34. The van der Waals surface area contributed by atoms with Gasteiger partial charge in [0, 0.05) is 44.7 Å². The van der Waals surface area contributed by atoms with E-state index in [1.54, 1.807) is 0 Å². The van der Waals surface area contributed by atoms with Crippen molar-refractivity contribution in [2.75, 3.05) is 45.9 Å². The highest BCUT2D eigenvalue weighted by molar-refractivity contribution is 5.78. The van der Waals surface area contributed by atoms with Crippen molar-refractivity contribution < 1.29 is 9.53 Å². The lowest BCUT2D eigenvalue weighted by Gasteiger charge is -2.42. The highest BCUT2D eigenvalue weighted by atomic mass is 16.5. The largest absolute Gasteiger partial charge is 0.380 e. The van der Waals surface area contributed by atoms with Crippen LogP contribution in [0.1, 0.15) is 38.2 Å². The maximum absolute atomic E-state index is 12.4. The van der Waals surface area contributed by atoms with E-state index in [0.29, 0.717) is 25.8 Å². The van der Waals surface area contributed by atoms with Crippen LogP contribution >= 0.6 is 0 Å². The van der Waals surface area contributed by atoms with Crippen molar-refractivity contribution in [2.24, 2.45) is 5.92 Å². The van der Waals surface area contributed by atoms with Crippen LogP contribution < -0.4 is 5.32 Å². The zero-order valence-electron chi connectivity index (χ0n) is 16.6. The minimum Gasteiger partial charge on any atom is -0.380 e. The topological polar surface area (TPSA) is 57.7 Å². The molecule has 2 saturated heterocycles. The molecule has 0 saturated carbocycles. The second-order valence-corrected chi connectivity index (χ2v) is 7.68. The van der Waals surface area contributed by atoms with Gasteiger partial charge in [-0.1, -0.05) is 0 Å². The predicted molar refractivity (Wildman–Crippen MR) is 106 cm³/mol. The molecule has 1 aromatic heterocycles. The van der Waals surface area contributed by atoms with Crippen LogP contribution in [-0.2, 0) is 16.1 Å². The summed E-state index contributed by atoms with van der Waals surface area (Å²) in [6.45, 7) is 9.23. The normalized spacial score (nSPS) is 22.6. The Morgan fingerprint density at radius 1 is 1.22 bits per heavy atom. The molecule has 3 heterocycles. The quantitative estimate of drug-likeness (QED) is 0.705. The van der Waals surface area contributed by atoms with Crippen LogP contribution in [0.5, 0.6) is 0 Å². The Kier molecular flexibility index (Phi) is 8.05. The van der Waals surface area contributed by atoms with Gasteiger partial charge in [0.1, 0.15) is 0 Å². The van der Waals surface area contributed by atoms with Gasteiger partial charge in [0.25, 0.3) is 0 Å². The van der Waals surface area contributed by atoms with Crippen molar-refractivity contribution in [1.82, 2.24) is 20.1 Å². The fourth-order valence-corrected chi connectivity index (χ4v) is 4.28. The molecule has 27 heavy (non-hydrogen) atoms. The third-order valence-electron chi connectivity index (χ3n) is 5.80. The summed E-state index contributed by atoms with van der Waals surface area (Å²) in [6, 6.07) is 4.83. The number of hydrogen-bond acceptors (Lipinski definition) is 5. The summed E-state index contributed by atoms with van der Waals surface area (Å²) in [5, 5.41) is 3.04. The van der Waals surface area contributed by atoms with E-state index in [0.717, 1.165) is 45.6 Å². The number of hydrogen-bond donors (Lipinski definition) is 1. The van der Waals surface area contributed by atoms with Crippen molar-refractivity contribution in [3.05, 3.63) is 30.1 Å². The van der Waals surface area contributed by atoms with E-state index in [1.807, 2.05) is 19.3 Å². The van der Waals surface area contributed by atoms with Gasteiger partial charge in [0.05, 0.1) is 12.5 Å². The molecule has 1 atom stereocenters. The molecule has 2 fully saturated rings. The lowest BCUT2D eigenvalue weighted by molar-refractivity contribution is -0.127. The summed E-state index contributed by atoms with van der Waals surface area (Å²) in [6.07, 6.45) is 8.27. The zero-order chi connectivity index (χ0) is 18.9. The number of aromatic nitrogens is 1. The van der Waals surface area contributed by atoms with Gasteiger partial charge in [0.15, 0.2) is 0 Å². The molecule has 0 bridgehead atoms. The average Bonchev–Trinajstić information content (AvgIpc) is 2.72. The Hall–Kier alpha value is -1.50. The maximum atomic E-state index is 12.4. The molecule has 1 N–H and O–H groups in total. The maximum Gasteiger partial charge on any atom is 0.224 e. The second-order valence-electron chi connectivity index (χ2n) is 7.68. The SMILES string of the molecule is CCOCCNC(=O)[C@H]1CCCN(C2CCN(Cc3ccncc3)CC2)C1. The minimum atomic E-state index is 0.134. The van der Waals surface area contributed by atoms with Crippen LogP contribution in [0.25, 0.3) is 0 Å². The van der Waals surface area contributed by atoms with Crippen molar-refractivity contribution in [2.45, 2.75) is 45.2 Å². The predicted octanol–water partition coefficient (Wildman–Crippen LogP) is 1.91. The van der Waals surface area contributed by atoms with Gasteiger partial charge in [-0.25, -0.2) is 0 Å². The molecular formula is C21H34N4O2.